The Labute approximate surface area is 124 Å². The molecule has 21 heavy (non-hydrogen) atoms. The van der Waals surface area contributed by atoms with Crippen molar-refractivity contribution in [1.29, 1.82) is 0 Å². The van der Waals surface area contributed by atoms with Gasteiger partial charge in [0.1, 0.15) is 6.33 Å². The molecule has 6 heteroatoms. The van der Waals surface area contributed by atoms with E-state index in [0.717, 1.165) is 5.56 Å². The normalized spacial score (nSPS) is 15.8. The minimum Gasteiger partial charge on any atom is -0.466 e. The first-order valence-corrected chi connectivity index (χ1v) is 7.39. The van der Waals surface area contributed by atoms with Crippen LogP contribution in [0.1, 0.15) is 31.7 Å². The summed E-state index contributed by atoms with van der Waals surface area (Å²) >= 11 is 0. The SMILES string of the molecule is CCOC(=O)C1CCN(C(=O)CCc2cncnc2)CC1. The summed E-state index contributed by atoms with van der Waals surface area (Å²) in [4.78, 5) is 33.5. The molecule has 0 N–H and O–H groups in total. The minimum absolute atomic E-state index is 0.0588. The number of hydrogen-bond acceptors (Lipinski definition) is 5. The van der Waals surface area contributed by atoms with Crippen molar-refractivity contribution < 1.29 is 14.3 Å². The van der Waals surface area contributed by atoms with Crippen LogP contribution in [0.5, 0.6) is 0 Å². The number of carbonyl (C=O) groups excluding carboxylic acids is 2. The fraction of sp³-hybridized carbons (Fsp3) is 0.600. The molecule has 1 aromatic heterocycles. The number of esters is 1. The molecule has 1 aliphatic heterocycles. The summed E-state index contributed by atoms with van der Waals surface area (Å²) < 4.78 is 5.03. The maximum atomic E-state index is 12.1. The van der Waals surface area contributed by atoms with Crippen LogP contribution in [0.4, 0.5) is 0 Å². The smallest absolute Gasteiger partial charge is 0.309 e. The highest BCUT2D eigenvalue weighted by molar-refractivity contribution is 5.77. The van der Waals surface area contributed by atoms with Crippen LogP contribution in [0, 0.1) is 5.92 Å². The lowest BCUT2D eigenvalue weighted by Crippen LogP contribution is -2.40. The lowest BCUT2D eigenvalue weighted by Gasteiger charge is -2.31. The van der Waals surface area contributed by atoms with Crippen molar-refractivity contribution in [1.82, 2.24) is 14.9 Å². The van der Waals surface area contributed by atoms with Crippen molar-refractivity contribution in [3.05, 3.63) is 24.3 Å². The zero-order chi connectivity index (χ0) is 15.1. The molecular formula is C15H21N3O3. The topological polar surface area (TPSA) is 72.4 Å². The van der Waals surface area contributed by atoms with Crippen molar-refractivity contribution >= 4 is 11.9 Å². The fourth-order valence-electron chi connectivity index (χ4n) is 2.49. The number of aryl methyl sites for hydroxylation is 1. The third-order valence-electron chi connectivity index (χ3n) is 3.71. The van der Waals surface area contributed by atoms with Gasteiger partial charge in [-0.05, 0) is 31.7 Å². The summed E-state index contributed by atoms with van der Waals surface area (Å²) in [6, 6.07) is 0. The number of carbonyl (C=O) groups is 2. The predicted molar refractivity (Wildman–Crippen MR) is 76.3 cm³/mol. The third-order valence-corrected chi connectivity index (χ3v) is 3.71. The van der Waals surface area contributed by atoms with Crippen LogP contribution in [-0.4, -0.2) is 46.4 Å². The number of piperidine rings is 1. The summed E-state index contributed by atoms with van der Waals surface area (Å²) in [6.07, 6.45) is 7.43. The van der Waals surface area contributed by atoms with Crippen LogP contribution in [0.15, 0.2) is 18.7 Å². The molecule has 2 heterocycles. The van der Waals surface area contributed by atoms with E-state index in [9.17, 15) is 9.59 Å². The highest BCUT2D eigenvalue weighted by Gasteiger charge is 2.27. The maximum Gasteiger partial charge on any atom is 0.309 e. The number of ether oxygens (including phenoxy) is 1. The van der Waals surface area contributed by atoms with Gasteiger partial charge in [0, 0.05) is 31.9 Å². The number of rotatable bonds is 5. The summed E-state index contributed by atoms with van der Waals surface area (Å²) in [5, 5.41) is 0. The van der Waals surface area contributed by atoms with Crippen LogP contribution in [-0.2, 0) is 20.7 Å². The van der Waals surface area contributed by atoms with E-state index in [-0.39, 0.29) is 17.8 Å². The first kappa shape index (κ1) is 15.4. The van der Waals surface area contributed by atoms with Crippen molar-refractivity contribution in [3.8, 4) is 0 Å². The van der Waals surface area contributed by atoms with Gasteiger partial charge in [-0.1, -0.05) is 0 Å². The van der Waals surface area contributed by atoms with Gasteiger partial charge in [-0.2, -0.15) is 0 Å². The van der Waals surface area contributed by atoms with Crippen molar-refractivity contribution in [2.75, 3.05) is 19.7 Å². The van der Waals surface area contributed by atoms with Gasteiger partial charge in [0.05, 0.1) is 12.5 Å². The van der Waals surface area contributed by atoms with Gasteiger partial charge in [-0.3, -0.25) is 9.59 Å². The molecule has 0 unspecified atom stereocenters. The second kappa shape index (κ2) is 7.71. The van der Waals surface area contributed by atoms with Crippen LogP contribution >= 0.6 is 0 Å². The Balaban J connectivity index is 1.74. The highest BCUT2D eigenvalue weighted by Crippen LogP contribution is 2.19. The van der Waals surface area contributed by atoms with Gasteiger partial charge in [-0.15, -0.1) is 0 Å². The number of aromatic nitrogens is 2. The zero-order valence-corrected chi connectivity index (χ0v) is 12.3. The molecule has 0 radical (unpaired) electrons. The van der Waals surface area contributed by atoms with E-state index in [4.69, 9.17) is 4.74 Å². The molecule has 2 rings (SSSR count). The molecule has 0 spiro atoms. The van der Waals surface area contributed by atoms with Crippen LogP contribution < -0.4 is 0 Å². The number of likely N-dealkylation sites (tertiary alicyclic amines) is 1. The molecule has 0 atom stereocenters. The molecule has 1 aliphatic rings. The Bertz CT molecular complexity index is 470. The summed E-state index contributed by atoms with van der Waals surface area (Å²) in [7, 11) is 0. The van der Waals surface area contributed by atoms with Gasteiger partial charge < -0.3 is 9.64 Å². The Morgan fingerprint density at radius 1 is 1.29 bits per heavy atom. The Morgan fingerprint density at radius 2 is 1.95 bits per heavy atom. The van der Waals surface area contributed by atoms with Crippen LogP contribution in [0.2, 0.25) is 0 Å². The summed E-state index contributed by atoms with van der Waals surface area (Å²) in [5.74, 6) is -0.0660. The van der Waals surface area contributed by atoms with E-state index in [2.05, 4.69) is 9.97 Å². The van der Waals surface area contributed by atoms with Gasteiger partial charge >= 0.3 is 5.97 Å². The molecule has 1 saturated heterocycles. The molecule has 6 nitrogen and oxygen atoms in total. The van der Waals surface area contributed by atoms with Crippen molar-refractivity contribution in [2.45, 2.75) is 32.6 Å². The number of hydrogen-bond donors (Lipinski definition) is 0. The first-order chi connectivity index (χ1) is 10.2. The van der Waals surface area contributed by atoms with Gasteiger partial charge in [0.2, 0.25) is 5.91 Å². The molecule has 0 aromatic carbocycles. The standard InChI is InChI=1S/C15H21N3O3/c1-2-21-15(20)13-5-7-18(8-6-13)14(19)4-3-12-9-16-11-17-10-12/h9-11,13H,2-8H2,1H3. The van der Waals surface area contributed by atoms with E-state index in [1.807, 2.05) is 11.8 Å². The quantitative estimate of drug-likeness (QED) is 0.762. The van der Waals surface area contributed by atoms with E-state index in [1.54, 1.807) is 12.4 Å². The third kappa shape index (κ3) is 4.51. The summed E-state index contributed by atoms with van der Waals surface area (Å²) in [6.45, 7) is 3.49. The average Bonchev–Trinajstić information content (AvgIpc) is 2.54. The first-order valence-electron chi connectivity index (χ1n) is 7.39. The molecule has 0 saturated carbocycles. The zero-order valence-electron chi connectivity index (χ0n) is 12.3. The minimum atomic E-state index is -0.133. The monoisotopic (exact) mass is 291 g/mol. The fourth-order valence-corrected chi connectivity index (χ4v) is 2.49. The molecule has 0 aliphatic carbocycles. The molecule has 1 aromatic rings. The lowest BCUT2D eigenvalue weighted by atomic mass is 9.96. The van der Waals surface area contributed by atoms with Crippen LogP contribution in [0.3, 0.4) is 0 Å². The maximum absolute atomic E-state index is 12.1. The predicted octanol–water partition coefficient (Wildman–Crippen LogP) is 1.21. The Hall–Kier alpha value is -1.98. The molecule has 1 amide bonds. The molecule has 114 valence electrons. The average molecular weight is 291 g/mol. The summed E-state index contributed by atoms with van der Waals surface area (Å²) in [5.41, 5.74) is 0.965. The number of nitrogens with zero attached hydrogens (tertiary/aromatic N) is 3. The molecule has 1 fully saturated rings. The Morgan fingerprint density at radius 3 is 2.57 bits per heavy atom. The Kier molecular flexibility index (Phi) is 5.66. The molecular weight excluding hydrogens is 270 g/mol. The van der Waals surface area contributed by atoms with Crippen molar-refractivity contribution in [2.24, 2.45) is 5.92 Å². The lowest BCUT2D eigenvalue weighted by molar-refractivity contribution is -0.151. The largest absolute Gasteiger partial charge is 0.466 e. The van der Waals surface area contributed by atoms with Gasteiger partial charge in [0.15, 0.2) is 0 Å². The van der Waals surface area contributed by atoms with E-state index >= 15 is 0 Å². The van der Waals surface area contributed by atoms with E-state index in [0.29, 0.717) is 45.4 Å². The highest BCUT2D eigenvalue weighted by atomic mass is 16.5. The van der Waals surface area contributed by atoms with Gasteiger partial charge in [-0.25, -0.2) is 9.97 Å². The van der Waals surface area contributed by atoms with E-state index in [1.165, 1.54) is 6.33 Å². The van der Waals surface area contributed by atoms with Gasteiger partial charge in [0.25, 0.3) is 0 Å². The second-order valence-electron chi connectivity index (χ2n) is 5.15. The second-order valence-corrected chi connectivity index (χ2v) is 5.15. The van der Waals surface area contributed by atoms with Crippen molar-refractivity contribution in [3.63, 3.8) is 0 Å². The number of amides is 1. The van der Waals surface area contributed by atoms with E-state index < -0.39 is 0 Å². The van der Waals surface area contributed by atoms with Crippen LogP contribution in [0.25, 0.3) is 0 Å². The molecule has 0 bridgehead atoms.